The van der Waals surface area contributed by atoms with Crippen LogP contribution in [0.4, 0.5) is 0 Å². The number of ether oxygens (including phenoxy) is 2. The third-order valence-electron chi connectivity index (χ3n) is 2.75. The van der Waals surface area contributed by atoms with Crippen molar-refractivity contribution in [1.82, 2.24) is 0 Å². The number of nitrogens with zero attached hydrogens (tertiary/aromatic N) is 1. The van der Waals surface area contributed by atoms with Crippen molar-refractivity contribution in [3.05, 3.63) is 42.1 Å². The van der Waals surface area contributed by atoms with Crippen LogP contribution in [0.25, 0.3) is 10.9 Å². The van der Waals surface area contributed by atoms with Crippen LogP contribution in [0.5, 0.6) is 0 Å². The molecule has 0 saturated carbocycles. The minimum atomic E-state index is -0.314. The van der Waals surface area contributed by atoms with Crippen LogP contribution in [0.15, 0.2) is 36.5 Å². The monoisotopic (exact) mass is 218 g/mol. The van der Waals surface area contributed by atoms with Gasteiger partial charge in [-0.2, -0.15) is 0 Å². The van der Waals surface area contributed by atoms with Crippen molar-refractivity contribution in [2.24, 2.45) is 7.05 Å². The number of methoxy groups -OCH3 is 2. The third-order valence-corrected chi connectivity index (χ3v) is 2.75. The molecule has 16 heavy (non-hydrogen) atoms. The summed E-state index contributed by atoms with van der Waals surface area (Å²) in [5.41, 5.74) is 2.22. The number of benzene rings is 1. The van der Waals surface area contributed by atoms with Gasteiger partial charge in [0.05, 0.1) is 5.39 Å². The first-order chi connectivity index (χ1) is 7.77. The Morgan fingerprint density at radius 1 is 1.06 bits per heavy atom. The summed E-state index contributed by atoms with van der Waals surface area (Å²) >= 11 is 0. The molecule has 0 aliphatic heterocycles. The summed E-state index contributed by atoms with van der Waals surface area (Å²) in [7, 11) is 5.33. The zero-order chi connectivity index (χ0) is 11.5. The highest BCUT2D eigenvalue weighted by Gasteiger charge is 2.16. The average Bonchev–Trinajstić information content (AvgIpc) is 2.34. The van der Waals surface area contributed by atoms with Gasteiger partial charge in [0.25, 0.3) is 0 Å². The first-order valence-electron chi connectivity index (χ1n) is 5.20. The topological polar surface area (TPSA) is 22.3 Å². The minimum absolute atomic E-state index is 0.314. The van der Waals surface area contributed by atoms with Crippen molar-refractivity contribution in [1.29, 1.82) is 0 Å². The Morgan fingerprint density at radius 3 is 2.44 bits per heavy atom. The molecule has 0 N–H and O–H groups in total. The van der Waals surface area contributed by atoms with Crippen LogP contribution in [0, 0.1) is 0 Å². The number of fused-ring (bicyclic) bond motifs is 1. The molecule has 3 nitrogen and oxygen atoms in total. The van der Waals surface area contributed by atoms with Crippen LogP contribution in [-0.2, 0) is 16.5 Å². The van der Waals surface area contributed by atoms with Crippen molar-refractivity contribution in [3.63, 3.8) is 0 Å². The van der Waals surface area contributed by atoms with Gasteiger partial charge in [-0.1, -0.05) is 12.1 Å². The largest absolute Gasteiger partial charge is 0.352 e. The third kappa shape index (κ3) is 1.79. The molecule has 0 fully saturated rings. The van der Waals surface area contributed by atoms with E-state index in [1.807, 2.05) is 31.4 Å². The highest BCUT2D eigenvalue weighted by Crippen LogP contribution is 2.24. The molecule has 84 valence electrons. The molecular weight excluding hydrogens is 202 g/mol. The van der Waals surface area contributed by atoms with Gasteiger partial charge in [0.2, 0.25) is 5.52 Å². The summed E-state index contributed by atoms with van der Waals surface area (Å²) in [6, 6.07) is 10.2. The van der Waals surface area contributed by atoms with E-state index in [4.69, 9.17) is 9.47 Å². The minimum Gasteiger partial charge on any atom is -0.352 e. The Labute approximate surface area is 95.2 Å². The first-order valence-corrected chi connectivity index (χ1v) is 5.20. The van der Waals surface area contributed by atoms with Crippen LogP contribution in [0.1, 0.15) is 11.9 Å². The number of pyridine rings is 1. The van der Waals surface area contributed by atoms with E-state index in [0.717, 1.165) is 10.9 Å². The number of aryl methyl sites for hydroxylation is 1. The van der Waals surface area contributed by atoms with Gasteiger partial charge in [-0.05, 0) is 6.07 Å². The number of hydrogen-bond acceptors (Lipinski definition) is 2. The summed E-state index contributed by atoms with van der Waals surface area (Å²) < 4.78 is 12.7. The molecule has 2 rings (SSSR count). The van der Waals surface area contributed by atoms with Gasteiger partial charge in [-0.3, -0.25) is 0 Å². The molecule has 1 heterocycles. The molecule has 0 radical (unpaired) electrons. The van der Waals surface area contributed by atoms with E-state index in [1.54, 1.807) is 14.2 Å². The van der Waals surface area contributed by atoms with Gasteiger partial charge in [0, 0.05) is 31.9 Å². The Morgan fingerprint density at radius 2 is 1.75 bits per heavy atom. The zero-order valence-electron chi connectivity index (χ0n) is 9.81. The number of hydrogen-bond donors (Lipinski definition) is 0. The molecule has 1 aromatic carbocycles. The summed E-state index contributed by atoms with van der Waals surface area (Å²) in [5, 5.41) is 1.15. The molecule has 0 saturated heterocycles. The predicted molar refractivity (Wildman–Crippen MR) is 61.9 cm³/mol. The normalized spacial score (nSPS) is 11.2. The predicted octanol–water partition coefficient (Wildman–Crippen LogP) is 1.96. The lowest BCUT2D eigenvalue weighted by molar-refractivity contribution is -0.645. The van der Waals surface area contributed by atoms with E-state index in [-0.39, 0.29) is 6.29 Å². The van der Waals surface area contributed by atoms with Gasteiger partial charge in [0.15, 0.2) is 12.5 Å². The fourth-order valence-corrected chi connectivity index (χ4v) is 1.94. The molecular formula is C13H16NO2+. The van der Waals surface area contributed by atoms with Crippen molar-refractivity contribution in [2.45, 2.75) is 6.29 Å². The quantitative estimate of drug-likeness (QED) is 0.580. The molecule has 0 amide bonds. The summed E-state index contributed by atoms with van der Waals surface area (Å²) in [5.74, 6) is 0. The molecule has 0 aliphatic carbocycles. The second kappa shape index (κ2) is 4.60. The Hall–Kier alpha value is -1.45. The zero-order valence-corrected chi connectivity index (χ0v) is 9.81. The van der Waals surface area contributed by atoms with Crippen LogP contribution < -0.4 is 4.57 Å². The molecule has 2 aromatic rings. The van der Waals surface area contributed by atoms with E-state index in [2.05, 4.69) is 16.7 Å². The summed E-state index contributed by atoms with van der Waals surface area (Å²) in [4.78, 5) is 0. The second-order valence-corrected chi connectivity index (χ2v) is 3.70. The van der Waals surface area contributed by atoms with E-state index in [1.165, 1.54) is 5.52 Å². The Balaban J connectivity index is 2.66. The van der Waals surface area contributed by atoms with E-state index in [0.29, 0.717) is 0 Å². The fourth-order valence-electron chi connectivity index (χ4n) is 1.94. The summed E-state index contributed by atoms with van der Waals surface area (Å²) in [6.07, 6.45) is 1.70. The molecule has 3 heteroatoms. The molecule has 1 aromatic heterocycles. The lowest BCUT2D eigenvalue weighted by atomic mass is 10.1. The van der Waals surface area contributed by atoms with E-state index < -0.39 is 0 Å². The molecule has 0 aliphatic rings. The molecule has 0 spiro atoms. The molecule has 0 unspecified atom stereocenters. The highest BCUT2D eigenvalue weighted by molar-refractivity contribution is 5.79. The van der Waals surface area contributed by atoms with Gasteiger partial charge in [-0.15, -0.1) is 0 Å². The molecule has 0 bridgehead atoms. The maximum Gasteiger partial charge on any atom is 0.212 e. The van der Waals surface area contributed by atoms with E-state index in [9.17, 15) is 0 Å². The fraction of sp³-hybridized carbons (Fsp3) is 0.308. The highest BCUT2D eigenvalue weighted by atomic mass is 16.7. The van der Waals surface area contributed by atoms with Crippen LogP contribution in [-0.4, -0.2) is 14.2 Å². The number of rotatable bonds is 3. The summed E-state index contributed by atoms with van der Waals surface area (Å²) in [6.45, 7) is 0. The smallest absolute Gasteiger partial charge is 0.212 e. The van der Waals surface area contributed by atoms with Crippen molar-refractivity contribution in [3.8, 4) is 0 Å². The van der Waals surface area contributed by atoms with E-state index >= 15 is 0 Å². The van der Waals surface area contributed by atoms with Gasteiger partial charge < -0.3 is 9.47 Å². The first kappa shape index (κ1) is 11.0. The van der Waals surface area contributed by atoms with Crippen molar-refractivity contribution in [2.75, 3.05) is 14.2 Å². The number of para-hydroxylation sites is 1. The second-order valence-electron chi connectivity index (χ2n) is 3.70. The number of aromatic nitrogens is 1. The van der Waals surface area contributed by atoms with Crippen LogP contribution >= 0.6 is 0 Å². The van der Waals surface area contributed by atoms with Crippen molar-refractivity contribution >= 4 is 10.9 Å². The van der Waals surface area contributed by atoms with Gasteiger partial charge in [0.1, 0.15) is 7.05 Å². The maximum absolute atomic E-state index is 5.30. The van der Waals surface area contributed by atoms with Crippen molar-refractivity contribution < 1.29 is 14.0 Å². The van der Waals surface area contributed by atoms with Gasteiger partial charge >= 0.3 is 0 Å². The Bertz CT molecular complexity index is 492. The lowest BCUT2D eigenvalue weighted by Gasteiger charge is -2.14. The SMILES string of the molecule is COC(OC)c1cc[n+](C)c2ccccc12. The lowest BCUT2D eigenvalue weighted by Crippen LogP contribution is -2.28. The van der Waals surface area contributed by atoms with Gasteiger partial charge in [-0.25, -0.2) is 4.57 Å². The van der Waals surface area contributed by atoms with Crippen LogP contribution in [0.3, 0.4) is 0 Å². The Kier molecular flexibility index (Phi) is 3.17. The standard InChI is InChI=1S/C13H16NO2/c1-14-9-8-11(13(15-2)16-3)10-6-4-5-7-12(10)14/h4-9,13H,1-3H3/q+1. The van der Waals surface area contributed by atoms with Crippen LogP contribution in [0.2, 0.25) is 0 Å². The molecule has 0 atom stereocenters. The average molecular weight is 218 g/mol. The maximum atomic E-state index is 5.30.